The lowest BCUT2D eigenvalue weighted by molar-refractivity contribution is 0.102. The number of aryl methyl sites for hydroxylation is 1. The van der Waals surface area contributed by atoms with Crippen LogP contribution < -0.4 is 20.3 Å². The Kier molecular flexibility index (Phi) is 5.25. The number of carbonyl (C=O) groups is 1. The van der Waals surface area contributed by atoms with Crippen LogP contribution in [0.5, 0.6) is 5.88 Å². The molecule has 11 nitrogen and oxygen atoms in total. The molecule has 3 aromatic heterocycles. The van der Waals surface area contributed by atoms with Crippen LogP contribution in [0.4, 0.5) is 11.6 Å². The summed E-state index contributed by atoms with van der Waals surface area (Å²) in [4.78, 5) is 33.2. The minimum Gasteiger partial charge on any atom is -0.479 e. The van der Waals surface area contributed by atoms with Crippen LogP contribution in [-0.4, -0.2) is 67.9 Å². The molecular formula is C22H25N9O2. The van der Waals surface area contributed by atoms with E-state index in [0.29, 0.717) is 39.7 Å². The summed E-state index contributed by atoms with van der Waals surface area (Å²) in [5.74, 6) is 0.0421. The number of aromatic nitrogens is 6. The van der Waals surface area contributed by atoms with E-state index < -0.39 is 0 Å². The van der Waals surface area contributed by atoms with E-state index >= 15 is 0 Å². The van der Waals surface area contributed by atoms with E-state index in [1.54, 1.807) is 36.4 Å². The molecule has 0 radical (unpaired) electrons. The number of amides is 1. The second kappa shape index (κ2) is 8.24. The molecule has 4 aromatic rings. The first kappa shape index (κ1) is 21.0. The third-order valence-electron chi connectivity index (χ3n) is 5.61. The first-order chi connectivity index (χ1) is 15.9. The average molecular weight is 448 g/mol. The molecule has 4 heterocycles. The Balaban J connectivity index is 1.50. The number of piperazine rings is 1. The highest BCUT2D eigenvalue weighted by Gasteiger charge is 2.25. The summed E-state index contributed by atoms with van der Waals surface area (Å²) in [6.07, 6.45) is 4.97. The van der Waals surface area contributed by atoms with Gasteiger partial charge in [-0.25, -0.2) is 4.98 Å². The van der Waals surface area contributed by atoms with E-state index in [1.807, 2.05) is 6.07 Å². The maximum atomic E-state index is 13.2. The van der Waals surface area contributed by atoms with Crippen LogP contribution in [0.3, 0.4) is 0 Å². The van der Waals surface area contributed by atoms with Crippen molar-refractivity contribution in [2.75, 3.05) is 30.4 Å². The largest absolute Gasteiger partial charge is 0.479 e. The molecule has 1 aliphatic rings. The van der Waals surface area contributed by atoms with Gasteiger partial charge in [-0.2, -0.15) is 10.1 Å². The number of carbonyl (C=O) groups excluding carboxylic acids is 1. The molecule has 0 aliphatic carbocycles. The molecule has 1 aliphatic heterocycles. The maximum Gasteiger partial charge on any atom is 0.260 e. The van der Waals surface area contributed by atoms with Gasteiger partial charge in [0.05, 0.1) is 24.6 Å². The molecule has 2 N–H and O–H groups in total. The van der Waals surface area contributed by atoms with E-state index in [-0.39, 0.29) is 17.7 Å². The van der Waals surface area contributed by atoms with Crippen molar-refractivity contribution >= 4 is 39.6 Å². The standard InChI is InChI=1S/C22H25N9O2/c1-12-9-31(10-13(2)25-12)16-6-5-14(17-19(16)24-8-7-23-17)20(32)27-22-26-15-11-30(3)29-18(15)21(28-22)33-4/h5-8,11-13,25H,9-10H2,1-4H3,(H,26,27,32). The van der Waals surface area contributed by atoms with Crippen LogP contribution in [0.2, 0.25) is 0 Å². The molecule has 170 valence electrons. The van der Waals surface area contributed by atoms with Gasteiger partial charge in [0.25, 0.3) is 5.91 Å². The molecule has 1 aromatic carbocycles. The van der Waals surface area contributed by atoms with E-state index in [4.69, 9.17) is 4.74 Å². The number of ether oxygens (including phenoxy) is 1. The first-order valence-electron chi connectivity index (χ1n) is 10.7. The summed E-state index contributed by atoms with van der Waals surface area (Å²) in [7, 11) is 3.29. The minimum atomic E-state index is -0.376. The van der Waals surface area contributed by atoms with Crippen LogP contribution in [-0.2, 0) is 7.05 Å². The van der Waals surface area contributed by atoms with Gasteiger partial charge in [-0.05, 0) is 26.0 Å². The van der Waals surface area contributed by atoms with Crippen LogP contribution >= 0.6 is 0 Å². The normalized spacial score (nSPS) is 18.6. The van der Waals surface area contributed by atoms with Gasteiger partial charge < -0.3 is 15.0 Å². The summed E-state index contributed by atoms with van der Waals surface area (Å²) in [5.41, 5.74) is 3.67. The molecule has 0 bridgehead atoms. The van der Waals surface area contributed by atoms with Gasteiger partial charge in [0.1, 0.15) is 16.6 Å². The predicted molar refractivity (Wildman–Crippen MR) is 125 cm³/mol. The van der Waals surface area contributed by atoms with Crippen molar-refractivity contribution in [2.24, 2.45) is 7.05 Å². The molecule has 0 saturated carbocycles. The van der Waals surface area contributed by atoms with E-state index in [0.717, 1.165) is 18.8 Å². The lowest BCUT2D eigenvalue weighted by Gasteiger charge is -2.38. The number of methoxy groups -OCH3 is 1. The number of hydrogen-bond donors (Lipinski definition) is 2. The third kappa shape index (κ3) is 3.91. The second-order valence-corrected chi connectivity index (χ2v) is 8.31. The molecule has 1 fully saturated rings. The van der Waals surface area contributed by atoms with Crippen molar-refractivity contribution in [1.82, 2.24) is 35.0 Å². The van der Waals surface area contributed by atoms with Crippen LogP contribution in [0.1, 0.15) is 24.2 Å². The van der Waals surface area contributed by atoms with Gasteiger partial charge in [0, 0.05) is 44.6 Å². The fourth-order valence-corrected chi connectivity index (χ4v) is 4.37. The number of nitrogens with one attached hydrogen (secondary N) is 2. The molecule has 1 saturated heterocycles. The van der Waals surface area contributed by atoms with Gasteiger partial charge in [-0.3, -0.25) is 24.8 Å². The van der Waals surface area contributed by atoms with Crippen molar-refractivity contribution in [3.63, 3.8) is 0 Å². The van der Waals surface area contributed by atoms with E-state index in [1.165, 1.54) is 7.11 Å². The zero-order valence-electron chi connectivity index (χ0n) is 18.9. The molecule has 2 unspecified atom stereocenters. The number of hydrogen-bond acceptors (Lipinski definition) is 9. The highest BCUT2D eigenvalue weighted by molar-refractivity contribution is 6.12. The Morgan fingerprint density at radius 2 is 1.82 bits per heavy atom. The summed E-state index contributed by atoms with van der Waals surface area (Å²) in [5, 5.41) is 10.6. The van der Waals surface area contributed by atoms with Gasteiger partial charge in [0.15, 0.2) is 5.52 Å². The Labute approximate surface area is 190 Å². The topological polar surface area (TPSA) is 123 Å². The zero-order chi connectivity index (χ0) is 23.1. The fraction of sp³-hybridized carbons (Fsp3) is 0.364. The van der Waals surface area contributed by atoms with Crippen molar-refractivity contribution in [3.05, 3.63) is 36.3 Å². The van der Waals surface area contributed by atoms with Crippen LogP contribution in [0, 0.1) is 0 Å². The summed E-state index contributed by atoms with van der Waals surface area (Å²) < 4.78 is 6.95. The molecule has 1 amide bonds. The van der Waals surface area contributed by atoms with Crippen molar-refractivity contribution < 1.29 is 9.53 Å². The van der Waals surface area contributed by atoms with Crippen molar-refractivity contribution in [3.8, 4) is 5.88 Å². The maximum absolute atomic E-state index is 13.2. The fourth-order valence-electron chi connectivity index (χ4n) is 4.37. The van der Waals surface area contributed by atoms with Crippen LogP contribution in [0.25, 0.3) is 22.1 Å². The average Bonchev–Trinajstić information content (AvgIpc) is 3.17. The Morgan fingerprint density at radius 1 is 1.09 bits per heavy atom. The monoisotopic (exact) mass is 447 g/mol. The van der Waals surface area contributed by atoms with Gasteiger partial charge >= 0.3 is 0 Å². The Bertz CT molecular complexity index is 1340. The SMILES string of the molecule is COc1nc(NC(=O)c2ccc(N3CC(C)NC(C)C3)c3nccnc23)nc2cn(C)nc12. The van der Waals surface area contributed by atoms with Crippen molar-refractivity contribution in [1.29, 1.82) is 0 Å². The highest BCUT2D eigenvalue weighted by Crippen LogP contribution is 2.29. The molecule has 2 atom stereocenters. The van der Waals surface area contributed by atoms with Gasteiger partial charge in [0.2, 0.25) is 11.8 Å². The lowest BCUT2D eigenvalue weighted by atomic mass is 10.1. The zero-order valence-corrected chi connectivity index (χ0v) is 18.9. The molecular weight excluding hydrogens is 422 g/mol. The molecule has 5 rings (SSSR count). The smallest absolute Gasteiger partial charge is 0.260 e. The molecule has 33 heavy (non-hydrogen) atoms. The number of nitrogens with zero attached hydrogens (tertiary/aromatic N) is 7. The Morgan fingerprint density at radius 3 is 2.55 bits per heavy atom. The van der Waals surface area contributed by atoms with Gasteiger partial charge in [-0.15, -0.1) is 0 Å². The summed E-state index contributed by atoms with van der Waals surface area (Å²) in [6, 6.07) is 4.40. The second-order valence-electron chi connectivity index (χ2n) is 8.31. The van der Waals surface area contributed by atoms with E-state index in [2.05, 4.69) is 54.4 Å². The number of fused-ring (bicyclic) bond motifs is 2. The minimum absolute atomic E-state index is 0.128. The van der Waals surface area contributed by atoms with Crippen LogP contribution in [0.15, 0.2) is 30.7 Å². The quantitative estimate of drug-likeness (QED) is 0.482. The van der Waals surface area contributed by atoms with Crippen molar-refractivity contribution in [2.45, 2.75) is 25.9 Å². The third-order valence-corrected chi connectivity index (χ3v) is 5.61. The first-order valence-corrected chi connectivity index (χ1v) is 10.7. The van der Waals surface area contributed by atoms with Gasteiger partial charge in [-0.1, -0.05) is 0 Å². The molecule has 11 heteroatoms. The number of benzene rings is 1. The van der Waals surface area contributed by atoms with E-state index in [9.17, 15) is 4.79 Å². The Hall–Kier alpha value is -3.86. The lowest BCUT2D eigenvalue weighted by Crippen LogP contribution is -2.54. The highest BCUT2D eigenvalue weighted by atomic mass is 16.5. The number of rotatable bonds is 4. The predicted octanol–water partition coefficient (Wildman–Crippen LogP) is 1.75. The summed E-state index contributed by atoms with van der Waals surface area (Å²) in [6.45, 7) is 6.01. The number of anilines is 2. The summed E-state index contributed by atoms with van der Waals surface area (Å²) >= 11 is 0. The molecule has 0 spiro atoms.